The largest absolute Gasteiger partial charge is 0.383 e. The second kappa shape index (κ2) is 6.24. The van der Waals surface area contributed by atoms with Gasteiger partial charge in [0.2, 0.25) is 0 Å². The zero-order valence-electron chi connectivity index (χ0n) is 9.19. The summed E-state index contributed by atoms with van der Waals surface area (Å²) in [6, 6.07) is 6.11. The van der Waals surface area contributed by atoms with Crippen molar-refractivity contribution in [1.82, 2.24) is 0 Å². The Labute approximate surface area is 102 Å². The maximum Gasteiger partial charge on any atom is 0.0612 e. The maximum atomic E-state index is 5.93. The van der Waals surface area contributed by atoms with E-state index in [1.54, 1.807) is 0 Å². The fourth-order valence-electron chi connectivity index (χ4n) is 1.45. The van der Waals surface area contributed by atoms with Gasteiger partial charge in [-0.1, -0.05) is 43.0 Å². The number of anilines is 1. The minimum Gasteiger partial charge on any atom is -0.383 e. The number of hydrogen-bond donors (Lipinski definition) is 1. The molecule has 1 aromatic carbocycles. The van der Waals surface area contributed by atoms with E-state index in [1.165, 1.54) is 19.3 Å². The van der Waals surface area contributed by atoms with Gasteiger partial charge in [-0.15, -0.1) is 0 Å². The van der Waals surface area contributed by atoms with Crippen LogP contribution in [0.4, 0.5) is 5.69 Å². The zero-order chi connectivity index (χ0) is 11.3. The third-order valence-electron chi connectivity index (χ3n) is 2.32. The van der Waals surface area contributed by atoms with Gasteiger partial charge in [0.1, 0.15) is 0 Å². The lowest BCUT2D eigenvalue weighted by molar-refractivity contribution is 0.645. The Morgan fingerprint density at radius 1 is 1.27 bits per heavy atom. The molecule has 1 nitrogen and oxygen atoms in total. The molecule has 1 aromatic rings. The van der Waals surface area contributed by atoms with Gasteiger partial charge in [-0.25, -0.2) is 0 Å². The zero-order valence-corrected chi connectivity index (χ0v) is 10.7. The van der Waals surface area contributed by atoms with Crippen LogP contribution in [0.1, 0.15) is 33.1 Å². The lowest BCUT2D eigenvalue weighted by atomic mass is 10.1. The first-order valence-corrected chi connectivity index (χ1v) is 6.10. The van der Waals surface area contributed by atoms with Crippen LogP contribution < -0.4 is 5.32 Å². The Morgan fingerprint density at radius 2 is 2.00 bits per heavy atom. The molecule has 3 heteroatoms. The molecule has 0 amide bonds. The average molecular weight is 246 g/mol. The first-order valence-electron chi connectivity index (χ1n) is 5.35. The van der Waals surface area contributed by atoms with Crippen LogP contribution in [0.5, 0.6) is 0 Å². The van der Waals surface area contributed by atoms with E-state index in [2.05, 4.69) is 19.2 Å². The number of unbranched alkanes of at least 4 members (excludes halogenated alkanes) is 1. The van der Waals surface area contributed by atoms with Gasteiger partial charge in [0, 0.05) is 11.7 Å². The Kier molecular flexibility index (Phi) is 5.27. The van der Waals surface area contributed by atoms with E-state index in [1.807, 2.05) is 18.2 Å². The van der Waals surface area contributed by atoms with Crippen molar-refractivity contribution in [3.8, 4) is 0 Å². The number of nitrogens with one attached hydrogen (secondary N) is 1. The molecular weight excluding hydrogens is 229 g/mol. The van der Waals surface area contributed by atoms with E-state index in [0.717, 1.165) is 5.69 Å². The van der Waals surface area contributed by atoms with Gasteiger partial charge in [-0.3, -0.25) is 0 Å². The smallest absolute Gasteiger partial charge is 0.0612 e. The van der Waals surface area contributed by atoms with E-state index < -0.39 is 0 Å². The first kappa shape index (κ1) is 12.7. The second-order valence-corrected chi connectivity index (χ2v) is 4.63. The molecule has 0 aliphatic heterocycles. The molecule has 0 saturated carbocycles. The quantitative estimate of drug-likeness (QED) is 0.772. The van der Waals surface area contributed by atoms with Gasteiger partial charge in [0.15, 0.2) is 0 Å². The second-order valence-electron chi connectivity index (χ2n) is 3.82. The van der Waals surface area contributed by atoms with Crippen LogP contribution in [0.3, 0.4) is 0 Å². The summed E-state index contributed by atoms with van der Waals surface area (Å²) in [4.78, 5) is 0. The Morgan fingerprint density at radius 3 is 2.60 bits per heavy atom. The minimum atomic E-state index is 0.474. The standard InChI is InChI=1S/C12H17Cl2N/c1-3-4-5-9(2)15-10-6-7-11(13)12(14)8-10/h6-9,15H,3-5H2,1-2H3. The van der Waals surface area contributed by atoms with Crippen LogP contribution in [-0.4, -0.2) is 6.04 Å². The molecule has 0 bridgehead atoms. The van der Waals surface area contributed by atoms with Crippen molar-refractivity contribution in [1.29, 1.82) is 0 Å². The molecule has 0 fully saturated rings. The highest BCUT2D eigenvalue weighted by Crippen LogP contribution is 2.25. The van der Waals surface area contributed by atoms with Gasteiger partial charge >= 0.3 is 0 Å². The summed E-state index contributed by atoms with van der Waals surface area (Å²) in [5.41, 5.74) is 1.04. The summed E-state index contributed by atoms with van der Waals surface area (Å²) in [6.07, 6.45) is 3.65. The molecule has 0 aliphatic rings. The molecular formula is C12H17Cl2N. The van der Waals surface area contributed by atoms with Crippen LogP contribution in [0.15, 0.2) is 18.2 Å². The van der Waals surface area contributed by atoms with Gasteiger partial charge in [0.25, 0.3) is 0 Å². The molecule has 1 atom stereocenters. The maximum absolute atomic E-state index is 5.93. The SMILES string of the molecule is CCCCC(C)Nc1ccc(Cl)c(Cl)c1. The van der Waals surface area contributed by atoms with Gasteiger partial charge < -0.3 is 5.32 Å². The fraction of sp³-hybridized carbons (Fsp3) is 0.500. The molecule has 0 saturated heterocycles. The van der Waals surface area contributed by atoms with Gasteiger partial charge in [-0.2, -0.15) is 0 Å². The third-order valence-corrected chi connectivity index (χ3v) is 3.06. The van der Waals surface area contributed by atoms with Gasteiger partial charge in [-0.05, 0) is 31.5 Å². The van der Waals surface area contributed by atoms with Crippen LogP contribution >= 0.6 is 23.2 Å². The lowest BCUT2D eigenvalue weighted by Gasteiger charge is -2.15. The molecule has 1 N–H and O–H groups in total. The predicted octanol–water partition coefficient (Wildman–Crippen LogP) is 4.98. The number of hydrogen-bond acceptors (Lipinski definition) is 1. The first-order chi connectivity index (χ1) is 7.13. The van der Waals surface area contributed by atoms with Crippen molar-refractivity contribution < 1.29 is 0 Å². The molecule has 15 heavy (non-hydrogen) atoms. The van der Waals surface area contributed by atoms with E-state index in [9.17, 15) is 0 Å². The average Bonchev–Trinajstić information content (AvgIpc) is 2.20. The molecule has 84 valence electrons. The molecule has 0 heterocycles. The highest BCUT2D eigenvalue weighted by Gasteiger charge is 2.03. The summed E-state index contributed by atoms with van der Waals surface area (Å²) in [6.45, 7) is 4.38. The van der Waals surface area contributed by atoms with E-state index in [0.29, 0.717) is 16.1 Å². The minimum absolute atomic E-state index is 0.474. The highest BCUT2D eigenvalue weighted by molar-refractivity contribution is 6.42. The predicted molar refractivity (Wildman–Crippen MR) is 69.1 cm³/mol. The highest BCUT2D eigenvalue weighted by atomic mass is 35.5. The van der Waals surface area contributed by atoms with Crippen LogP contribution in [-0.2, 0) is 0 Å². The van der Waals surface area contributed by atoms with Crippen LogP contribution in [0.2, 0.25) is 10.0 Å². The van der Waals surface area contributed by atoms with E-state index >= 15 is 0 Å². The summed E-state index contributed by atoms with van der Waals surface area (Å²) in [7, 11) is 0. The number of halogens is 2. The molecule has 0 aliphatic carbocycles. The molecule has 1 unspecified atom stereocenters. The molecule has 0 spiro atoms. The summed E-state index contributed by atoms with van der Waals surface area (Å²) in [5, 5.41) is 4.60. The van der Waals surface area contributed by atoms with Crippen molar-refractivity contribution in [2.45, 2.75) is 39.2 Å². The monoisotopic (exact) mass is 245 g/mol. The number of rotatable bonds is 5. The lowest BCUT2D eigenvalue weighted by Crippen LogP contribution is -2.14. The van der Waals surface area contributed by atoms with Crippen molar-refractivity contribution in [3.05, 3.63) is 28.2 Å². The topological polar surface area (TPSA) is 12.0 Å². The van der Waals surface area contributed by atoms with Crippen molar-refractivity contribution in [2.75, 3.05) is 5.32 Å². The van der Waals surface area contributed by atoms with E-state index in [-0.39, 0.29) is 0 Å². The molecule has 0 aromatic heterocycles. The van der Waals surface area contributed by atoms with Gasteiger partial charge in [0.05, 0.1) is 10.0 Å². The van der Waals surface area contributed by atoms with E-state index in [4.69, 9.17) is 23.2 Å². The summed E-state index contributed by atoms with van der Waals surface area (Å²) in [5.74, 6) is 0. The Balaban J connectivity index is 2.53. The molecule has 1 rings (SSSR count). The normalized spacial score (nSPS) is 12.5. The van der Waals surface area contributed by atoms with Crippen molar-refractivity contribution in [2.24, 2.45) is 0 Å². The fourth-order valence-corrected chi connectivity index (χ4v) is 1.75. The number of benzene rings is 1. The Bertz CT molecular complexity index is 312. The Hall–Kier alpha value is -0.400. The van der Waals surface area contributed by atoms with Crippen molar-refractivity contribution in [3.63, 3.8) is 0 Å². The summed E-state index contributed by atoms with van der Waals surface area (Å²) >= 11 is 11.8. The van der Waals surface area contributed by atoms with Crippen LogP contribution in [0, 0.1) is 0 Å². The van der Waals surface area contributed by atoms with Crippen molar-refractivity contribution >= 4 is 28.9 Å². The van der Waals surface area contributed by atoms with Crippen LogP contribution in [0.25, 0.3) is 0 Å². The third kappa shape index (κ3) is 4.31. The molecule has 0 radical (unpaired) electrons. The summed E-state index contributed by atoms with van der Waals surface area (Å²) < 4.78 is 0.